The molecule has 0 aliphatic heterocycles. The van der Waals surface area contributed by atoms with Crippen LogP contribution in [0.3, 0.4) is 0 Å². The first-order valence-electron chi connectivity index (χ1n) is 9.64. The molecule has 0 heterocycles. The second-order valence-corrected chi connectivity index (χ2v) is 6.75. The number of nitrogens with zero attached hydrogens (tertiary/aromatic N) is 2. The summed E-state index contributed by atoms with van der Waals surface area (Å²) < 4.78 is 0. The second kappa shape index (κ2) is 8.88. The van der Waals surface area contributed by atoms with E-state index in [-0.39, 0.29) is 10.6 Å². The monoisotopic (exact) mass is 392 g/mol. The van der Waals surface area contributed by atoms with Crippen LogP contribution in [-0.2, 0) is 0 Å². The fourth-order valence-electron chi connectivity index (χ4n) is 3.32. The number of nitro groups is 1. The van der Waals surface area contributed by atoms with Gasteiger partial charge in [0.15, 0.2) is 0 Å². The van der Waals surface area contributed by atoms with Crippen LogP contribution in [0.1, 0.15) is 11.1 Å². The molecular weight excluding hydrogens is 372 g/mol. The molecule has 0 bridgehead atoms. The van der Waals surface area contributed by atoms with Crippen LogP contribution in [0.25, 0.3) is 11.8 Å². The highest BCUT2D eigenvalue weighted by Gasteiger charge is 2.17. The maximum absolute atomic E-state index is 11.1. The number of nitro benzene ring substituents is 1. The molecule has 0 aliphatic rings. The molecule has 4 aromatic carbocycles. The Morgan fingerprint density at radius 3 is 1.60 bits per heavy atom. The minimum atomic E-state index is -0.378. The van der Waals surface area contributed by atoms with Gasteiger partial charge < -0.3 is 4.90 Å². The Hall–Kier alpha value is -4.18. The lowest BCUT2D eigenvalue weighted by Gasteiger charge is -2.28. The Balaban J connectivity index is 1.92. The fraction of sp³-hybridized carbons (Fsp3) is 0. The van der Waals surface area contributed by atoms with Gasteiger partial charge in [-0.25, -0.2) is 0 Å². The summed E-state index contributed by atoms with van der Waals surface area (Å²) in [5, 5.41) is 11.1. The van der Waals surface area contributed by atoms with Gasteiger partial charge in [0.1, 0.15) is 0 Å². The molecule has 0 amide bonds. The summed E-state index contributed by atoms with van der Waals surface area (Å²) in [5.74, 6) is 0. The molecular formula is C26H20N2O2. The van der Waals surface area contributed by atoms with E-state index in [1.807, 2.05) is 66.7 Å². The third-order valence-electron chi connectivity index (χ3n) is 4.75. The lowest BCUT2D eigenvalue weighted by molar-refractivity contribution is -0.384. The third-order valence-corrected chi connectivity index (χ3v) is 4.75. The highest BCUT2D eigenvalue weighted by molar-refractivity contribution is 5.95. The van der Waals surface area contributed by atoms with Crippen LogP contribution in [0.2, 0.25) is 0 Å². The van der Waals surface area contributed by atoms with Crippen molar-refractivity contribution in [3.63, 3.8) is 0 Å². The molecule has 0 radical (unpaired) electrons. The molecule has 0 aliphatic carbocycles. The average molecular weight is 392 g/mol. The molecule has 4 nitrogen and oxygen atoms in total. The summed E-state index contributed by atoms with van der Waals surface area (Å²) in [5.41, 5.74) is 4.94. The first-order chi connectivity index (χ1) is 14.7. The van der Waals surface area contributed by atoms with Gasteiger partial charge in [0, 0.05) is 23.5 Å². The van der Waals surface area contributed by atoms with E-state index < -0.39 is 0 Å². The Morgan fingerprint density at radius 2 is 1.13 bits per heavy atom. The molecule has 0 saturated heterocycles. The zero-order valence-electron chi connectivity index (χ0n) is 16.3. The Bertz CT molecular complexity index is 1100. The molecule has 0 saturated carbocycles. The average Bonchev–Trinajstić information content (AvgIpc) is 2.81. The summed E-state index contributed by atoms with van der Waals surface area (Å²) in [6.45, 7) is 0. The van der Waals surface area contributed by atoms with Gasteiger partial charge in [-0.3, -0.25) is 10.1 Å². The normalized spacial score (nSPS) is 11.1. The molecule has 0 atom stereocenters. The van der Waals surface area contributed by atoms with Crippen molar-refractivity contribution >= 4 is 28.8 Å². The van der Waals surface area contributed by atoms with E-state index in [1.54, 1.807) is 24.3 Å². The maximum atomic E-state index is 11.1. The summed E-state index contributed by atoms with van der Waals surface area (Å²) in [6.07, 6.45) is 2.10. The third kappa shape index (κ3) is 4.28. The van der Waals surface area contributed by atoms with Crippen LogP contribution in [0, 0.1) is 10.1 Å². The van der Waals surface area contributed by atoms with Crippen LogP contribution in [0.15, 0.2) is 115 Å². The minimum Gasteiger partial charge on any atom is -0.310 e. The lowest BCUT2D eigenvalue weighted by atomic mass is 10.0. The zero-order chi connectivity index (χ0) is 20.8. The van der Waals surface area contributed by atoms with E-state index >= 15 is 0 Å². The van der Waals surface area contributed by atoms with E-state index in [2.05, 4.69) is 35.2 Å². The molecule has 146 valence electrons. The number of anilines is 2. The number of hydrogen-bond donors (Lipinski definition) is 0. The molecule has 4 heteroatoms. The highest BCUT2D eigenvalue weighted by Crippen LogP contribution is 2.36. The Labute approximate surface area is 175 Å². The molecule has 0 fully saturated rings. The van der Waals surface area contributed by atoms with Gasteiger partial charge in [0.05, 0.1) is 10.6 Å². The topological polar surface area (TPSA) is 46.4 Å². The van der Waals surface area contributed by atoms with Crippen LogP contribution in [-0.4, -0.2) is 4.92 Å². The van der Waals surface area contributed by atoms with Crippen molar-refractivity contribution < 1.29 is 4.92 Å². The molecule has 0 spiro atoms. The summed E-state index contributed by atoms with van der Waals surface area (Å²) in [7, 11) is 0. The van der Waals surface area contributed by atoms with Gasteiger partial charge >= 0.3 is 0 Å². The van der Waals surface area contributed by atoms with Crippen molar-refractivity contribution in [1.29, 1.82) is 0 Å². The minimum absolute atomic E-state index is 0.0729. The largest absolute Gasteiger partial charge is 0.310 e. The van der Waals surface area contributed by atoms with Gasteiger partial charge in [-0.2, -0.15) is 0 Å². The lowest BCUT2D eigenvalue weighted by Crippen LogP contribution is -2.15. The fourth-order valence-corrected chi connectivity index (χ4v) is 3.32. The number of benzene rings is 4. The summed E-state index contributed by atoms with van der Waals surface area (Å²) in [4.78, 5) is 12.9. The quantitative estimate of drug-likeness (QED) is 0.203. The van der Waals surface area contributed by atoms with Gasteiger partial charge in [-0.05, 0) is 53.6 Å². The Kier molecular flexibility index (Phi) is 5.67. The number of non-ortho nitro benzene ring substituents is 1. The van der Waals surface area contributed by atoms with Crippen molar-refractivity contribution in [1.82, 2.24) is 0 Å². The molecule has 4 rings (SSSR count). The van der Waals surface area contributed by atoms with E-state index in [1.165, 1.54) is 0 Å². The van der Waals surface area contributed by atoms with Crippen LogP contribution in [0.5, 0.6) is 0 Å². The van der Waals surface area contributed by atoms with Crippen LogP contribution < -0.4 is 4.90 Å². The van der Waals surface area contributed by atoms with Crippen molar-refractivity contribution in [2.24, 2.45) is 0 Å². The van der Waals surface area contributed by atoms with Crippen LogP contribution in [0.4, 0.5) is 17.1 Å². The predicted octanol–water partition coefficient (Wildman–Crippen LogP) is 6.93. The van der Waals surface area contributed by atoms with Crippen molar-refractivity contribution in [2.75, 3.05) is 4.90 Å². The molecule has 0 aromatic heterocycles. The predicted molar refractivity (Wildman–Crippen MR) is 122 cm³/mol. The van der Waals surface area contributed by atoms with Crippen LogP contribution >= 0.6 is 0 Å². The second-order valence-electron chi connectivity index (χ2n) is 6.75. The maximum Gasteiger partial charge on any atom is 0.269 e. The van der Waals surface area contributed by atoms with E-state index in [4.69, 9.17) is 0 Å². The van der Waals surface area contributed by atoms with Gasteiger partial charge in [0.2, 0.25) is 0 Å². The van der Waals surface area contributed by atoms with Gasteiger partial charge in [-0.1, -0.05) is 66.7 Å². The molecule has 0 N–H and O–H groups in total. The van der Waals surface area contributed by atoms with Crippen molar-refractivity contribution in [2.45, 2.75) is 0 Å². The van der Waals surface area contributed by atoms with Crippen molar-refractivity contribution in [3.05, 3.63) is 137 Å². The molecule has 0 unspecified atom stereocenters. The first kappa shape index (κ1) is 19.2. The van der Waals surface area contributed by atoms with E-state index in [0.717, 1.165) is 28.2 Å². The number of para-hydroxylation sites is 2. The van der Waals surface area contributed by atoms with Gasteiger partial charge in [0.25, 0.3) is 5.69 Å². The molecule has 4 aromatic rings. The summed E-state index contributed by atoms with van der Waals surface area (Å²) >= 11 is 0. The van der Waals surface area contributed by atoms with Crippen molar-refractivity contribution in [3.8, 4) is 0 Å². The Morgan fingerprint density at radius 1 is 0.667 bits per heavy atom. The number of hydrogen-bond acceptors (Lipinski definition) is 3. The van der Waals surface area contributed by atoms with E-state index in [9.17, 15) is 10.1 Å². The highest BCUT2D eigenvalue weighted by atomic mass is 16.6. The summed E-state index contributed by atoms with van der Waals surface area (Å²) in [6, 6.07) is 36.9. The zero-order valence-corrected chi connectivity index (χ0v) is 16.3. The first-order valence-corrected chi connectivity index (χ1v) is 9.64. The smallest absolute Gasteiger partial charge is 0.269 e. The SMILES string of the molecule is O=[N+]([O-])c1ccc(C(=Cc2ccccc2)N(c2ccccc2)c2ccccc2)cc1. The molecule has 30 heavy (non-hydrogen) atoms. The number of rotatable bonds is 6. The van der Waals surface area contributed by atoms with Gasteiger partial charge in [-0.15, -0.1) is 0 Å². The van der Waals surface area contributed by atoms with E-state index in [0.29, 0.717) is 0 Å². The standard InChI is InChI=1S/C26H20N2O2/c29-28(30)25-18-16-22(17-19-25)26(20-21-10-4-1-5-11-21)27(23-12-6-2-7-13-23)24-14-8-3-9-15-24/h1-20H.